The predicted molar refractivity (Wildman–Crippen MR) is 66.6 cm³/mol. The molecule has 2 heterocycles. The van der Waals surface area contributed by atoms with E-state index in [9.17, 15) is 0 Å². The average molecular weight is 219 g/mol. The second kappa shape index (κ2) is 5.32. The SMILES string of the molecule is CB(O)NCCc1ccc2c(n1)NCCC2. The topological polar surface area (TPSA) is 57.2 Å². The minimum atomic E-state index is -0.448. The highest BCUT2D eigenvalue weighted by Gasteiger charge is 2.10. The van der Waals surface area contributed by atoms with E-state index in [2.05, 4.69) is 27.7 Å². The predicted octanol–water partition coefficient (Wildman–Crippen LogP) is 0.682. The zero-order valence-electron chi connectivity index (χ0n) is 9.66. The Kier molecular flexibility index (Phi) is 3.80. The molecule has 0 fully saturated rings. The van der Waals surface area contributed by atoms with Gasteiger partial charge in [0.1, 0.15) is 5.82 Å². The molecule has 4 nitrogen and oxygen atoms in total. The van der Waals surface area contributed by atoms with E-state index >= 15 is 0 Å². The molecule has 0 aliphatic carbocycles. The molecule has 5 heteroatoms. The van der Waals surface area contributed by atoms with Gasteiger partial charge < -0.3 is 15.6 Å². The van der Waals surface area contributed by atoms with Crippen LogP contribution in [0.1, 0.15) is 17.7 Å². The van der Waals surface area contributed by atoms with E-state index in [-0.39, 0.29) is 0 Å². The van der Waals surface area contributed by atoms with Crippen molar-refractivity contribution in [2.75, 3.05) is 18.4 Å². The van der Waals surface area contributed by atoms with Gasteiger partial charge in [0.15, 0.2) is 0 Å². The number of anilines is 1. The van der Waals surface area contributed by atoms with Gasteiger partial charge in [-0.15, -0.1) is 0 Å². The zero-order chi connectivity index (χ0) is 11.4. The molecule has 0 radical (unpaired) electrons. The number of fused-ring (bicyclic) bond motifs is 1. The fourth-order valence-electron chi connectivity index (χ4n) is 1.92. The zero-order valence-corrected chi connectivity index (χ0v) is 9.66. The maximum atomic E-state index is 9.08. The van der Waals surface area contributed by atoms with Gasteiger partial charge in [0, 0.05) is 18.7 Å². The van der Waals surface area contributed by atoms with Gasteiger partial charge in [-0.05, 0) is 37.8 Å². The van der Waals surface area contributed by atoms with Crippen LogP contribution in [-0.4, -0.2) is 30.1 Å². The van der Waals surface area contributed by atoms with Gasteiger partial charge in [-0.25, -0.2) is 4.98 Å². The molecule has 1 aromatic heterocycles. The van der Waals surface area contributed by atoms with Crippen LogP contribution in [-0.2, 0) is 12.8 Å². The van der Waals surface area contributed by atoms with E-state index < -0.39 is 7.05 Å². The highest BCUT2D eigenvalue weighted by molar-refractivity contribution is 6.45. The molecule has 86 valence electrons. The van der Waals surface area contributed by atoms with Crippen molar-refractivity contribution in [3.05, 3.63) is 23.4 Å². The molecule has 0 saturated heterocycles. The smallest absolute Gasteiger partial charge is 0.373 e. The highest BCUT2D eigenvalue weighted by Crippen LogP contribution is 2.19. The summed E-state index contributed by atoms with van der Waals surface area (Å²) in [4.78, 5) is 4.58. The van der Waals surface area contributed by atoms with Crippen molar-refractivity contribution in [1.82, 2.24) is 10.2 Å². The molecule has 0 bridgehead atoms. The van der Waals surface area contributed by atoms with Gasteiger partial charge in [0.25, 0.3) is 0 Å². The van der Waals surface area contributed by atoms with Gasteiger partial charge in [-0.2, -0.15) is 0 Å². The second-order valence-electron chi connectivity index (χ2n) is 4.22. The number of nitrogens with one attached hydrogen (secondary N) is 2. The Morgan fingerprint density at radius 1 is 1.56 bits per heavy atom. The minimum Gasteiger partial charge on any atom is -0.437 e. The monoisotopic (exact) mass is 219 g/mol. The Bertz CT molecular complexity index is 357. The molecule has 1 aliphatic heterocycles. The molecule has 16 heavy (non-hydrogen) atoms. The third-order valence-corrected chi connectivity index (χ3v) is 2.77. The summed E-state index contributed by atoms with van der Waals surface area (Å²) in [5.41, 5.74) is 2.39. The largest absolute Gasteiger partial charge is 0.437 e. The van der Waals surface area contributed by atoms with E-state index in [4.69, 9.17) is 5.02 Å². The van der Waals surface area contributed by atoms with Gasteiger partial charge >= 0.3 is 7.05 Å². The van der Waals surface area contributed by atoms with Crippen molar-refractivity contribution in [3.8, 4) is 0 Å². The summed E-state index contributed by atoms with van der Waals surface area (Å²) >= 11 is 0. The molecule has 0 aromatic carbocycles. The van der Waals surface area contributed by atoms with Gasteiger partial charge in [0.2, 0.25) is 0 Å². The van der Waals surface area contributed by atoms with E-state index in [0.29, 0.717) is 0 Å². The number of pyridine rings is 1. The van der Waals surface area contributed by atoms with Crippen LogP contribution in [0.4, 0.5) is 5.82 Å². The highest BCUT2D eigenvalue weighted by atomic mass is 16.2. The van der Waals surface area contributed by atoms with Gasteiger partial charge in [0.05, 0.1) is 0 Å². The number of hydrogen-bond acceptors (Lipinski definition) is 4. The maximum absolute atomic E-state index is 9.08. The first-order valence-electron chi connectivity index (χ1n) is 5.90. The molecule has 0 saturated carbocycles. The molecule has 0 amide bonds. The van der Waals surface area contributed by atoms with Gasteiger partial charge in [-0.3, -0.25) is 0 Å². The lowest BCUT2D eigenvalue weighted by atomic mass is 9.89. The standard InChI is InChI=1S/C11H18BN3O/c1-12(16)14-8-6-10-5-4-9-3-2-7-13-11(9)15-10/h4-5,14,16H,2-3,6-8H2,1H3,(H,13,15). The summed E-state index contributed by atoms with van der Waals surface area (Å²) in [7, 11) is -0.448. The van der Waals surface area contributed by atoms with Crippen LogP contribution in [0.15, 0.2) is 12.1 Å². The van der Waals surface area contributed by atoms with Crippen molar-refractivity contribution in [3.63, 3.8) is 0 Å². The van der Waals surface area contributed by atoms with Crippen molar-refractivity contribution in [2.45, 2.75) is 26.1 Å². The first-order valence-corrected chi connectivity index (χ1v) is 5.90. The van der Waals surface area contributed by atoms with Crippen molar-refractivity contribution >= 4 is 12.9 Å². The average Bonchev–Trinajstić information content (AvgIpc) is 2.28. The van der Waals surface area contributed by atoms with Gasteiger partial charge in [-0.1, -0.05) is 6.07 Å². The number of hydrogen-bond donors (Lipinski definition) is 3. The minimum absolute atomic E-state index is 0.448. The summed E-state index contributed by atoms with van der Waals surface area (Å²) in [5.74, 6) is 1.04. The normalized spacial score (nSPS) is 14.1. The lowest BCUT2D eigenvalue weighted by molar-refractivity contribution is 0.554. The number of nitrogens with zero attached hydrogens (tertiary/aromatic N) is 1. The summed E-state index contributed by atoms with van der Waals surface area (Å²) in [6.07, 6.45) is 3.17. The molecule has 0 unspecified atom stereocenters. The lowest BCUT2D eigenvalue weighted by Gasteiger charge is -2.17. The molecule has 3 N–H and O–H groups in total. The number of aromatic nitrogens is 1. The Morgan fingerprint density at radius 3 is 3.25 bits per heavy atom. The molecule has 0 spiro atoms. The summed E-state index contributed by atoms with van der Waals surface area (Å²) in [6.45, 7) is 3.50. The first kappa shape index (κ1) is 11.4. The quantitative estimate of drug-likeness (QED) is 0.652. The van der Waals surface area contributed by atoms with Crippen LogP contribution < -0.4 is 10.5 Å². The molecule has 1 aliphatic rings. The van der Waals surface area contributed by atoms with E-state index in [1.807, 2.05) is 0 Å². The Labute approximate surface area is 96.6 Å². The van der Waals surface area contributed by atoms with E-state index in [0.717, 1.165) is 37.4 Å². The third-order valence-electron chi connectivity index (χ3n) is 2.77. The summed E-state index contributed by atoms with van der Waals surface area (Å²) in [5, 5.41) is 15.4. The maximum Gasteiger partial charge on any atom is 0.373 e. The Balaban J connectivity index is 1.95. The fourth-order valence-corrected chi connectivity index (χ4v) is 1.92. The van der Waals surface area contributed by atoms with E-state index in [1.54, 1.807) is 6.82 Å². The van der Waals surface area contributed by atoms with Crippen molar-refractivity contribution in [2.24, 2.45) is 0 Å². The van der Waals surface area contributed by atoms with E-state index in [1.165, 1.54) is 12.0 Å². The van der Waals surface area contributed by atoms with Crippen LogP contribution in [0.2, 0.25) is 6.82 Å². The first-order chi connectivity index (χ1) is 7.75. The van der Waals surface area contributed by atoms with Crippen molar-refractivity contribution in [1.29, 1.82) is 0 Å². The third kappa shape index (κ3) is 2.96. The van der Waals surface area contributed by atoms with Crippen LogP contribution >= 0.6 is 0 Å². The van der Waals surface area contributed by atoms with Crippen molar-refractivity contribution < 1.29 is 5.02 Å². The summed E-state index contributed by atoms with van der Waals surface area (Å²) in [6, 6.07) is 4.24. The van der Waals surface area contributed by atoms with Crippen LogP contribution in [0.3, 0.4) is 0 Å². The molecule has 1 aromatic rings. The molecular formula is C11H18BN3O. The molecule has 2 rings (SSSR count). The Morgan fingerprint density at radius 2 is 2.44 bits per heavy atom. The fraction of sp³-hybridized carbons (Fsp3) is 0.545. The summed E-state index contributed by atoms with van der Waals surface area (Å²) < 4.78 is 0. The van der Waals surface area contributed by atoms with Crippen LogP contribution in [0.25, 0.3) is 0 Å². The second-order valence-corrected chi connectivity index (χ2v) is 4.22. The molecule has 0 atom stereocenters. The molecular weight excluding hydrogens is 201 g/mol. The van der Waals surface area contributed by atoms with Crippen LogP contribution in [0, 0.1) is 0 Å². The Hall–Kier alpha value is -1.07. The number of aryl methyl sites for hydroxylation is 1. The number of rotatable bonds is 4. The van der Waals surface area contributed by atoms with Crippen LogP contribution in [0.5, 0.6) is 0 Å². The lowest BCUT2D eigenvalue weighted by Crippen LogP contribution is -2.32.